The van der Waals surface area contributed by atoms with Gasteiger partial charge < -0.3 is 0 Å². The van der Waals surface area contributed by atoms with Gasteiger partial charge in [0.05, 0.1) is 0 Å². The van der Waals surface area contributed by atoms with E-state index in [1.807, 2.05) is 0 Å². The number of hydrogen-bond donors (Lipinski definition) is 0. The van der Waals surface area contributed by atoms with Crippen molar-refractivity contribution >= 4 is 92.8 Å². The standard InChI is InChI=1S/C10H10Cl8/c11-3-9(7(15)16)4-1-5(12)8(9,6(13)14)2-10(4,17)18/h4-7H,1-3H2/t4-,5-,8+,9?/m0/s1. The average Bonchev–Trinajstić information content (AvgIpc) is 2.61. The number of alkyl halides is 8. The quantitative estimate of drug-likeness (QED) is 0.497. The van der Waals surface area contributed by atoms with Gasteiger partial charge in [-0.25, -0.2) is 0 Å². The average molecular weight is 414 g/mol. The monoisotopic (exact) mass is 410 g/mol. The summed E-state index contributed by atoms with van der Waals surface area (Å²) in [5.74, 6) is -0.0660. The van der Waals surface area contributed by atoms with Gasteiger partial charge in [-0.15, -0.1) is 92.8 Å². The maximum Gasteiger partial charge on any atom is 0.122 e. The Kier molecular flexibility index (Phi) is 4.82. The van der Waals surface area contributed by atoms with Crippen LogP contribution in [0.3, 0.4) is 0 Å². The van der Waals surface area contributed by atoms with Crippen LogP contribution >= 0.6 is 92.8 Å². The molecule has 1 unspecified atom stereocenters. The molecule has 2 rings (SSSR count). The van der Waals surface area contributed by atoms with Crippen LogP contribution in [0.25, 0.3) is 0 Å². The molecule has 0 aromatic rings. The Morgan fingerprint density at radius 1 is 1.06 bits per heavy atom. The molecule has 0 amide bonds. The van der Waals surface area contributed by atoms with Crippen LogP contribution in [0.4, 0.5) is 0 Å². The summed E-state index contributed by atoms with van der Waals surface area (Å²) in [6.45, 7) is 0. The Balaban J connectivity index is 2.64. The zero-order valence-electron chi connectivity index (χ0n) is 8.95. The summed E-state index contributed by atoms with van der Waals surface area (Å²) >= 11 is 50.1. The van der Waals surface area contributed by atoms with Gasteiger partial charge in [0, 0.05) is 28.0 Å². The van der Waals surface area contributed by atoms with Crippen molar-refractivity contribution in [1.29, 1.82) is 0 Å². The molecule has 106 valence electrons. The second-order valence-corrected chi connectivity index (χ2v) is 9.54. The number of rotatable bonds is 3. The summed E-state index contributed by atoms with van der Waals surface area (Å²) in [7, 11) is 0. The van der Waals surface area contributed by atoms with E-state index in [9.17, 15) is 0 Å². The third-order valence-corrected chi connectivity index (χ3v) is 7.89. The van der Waals surface area contributed by atoms with Crippen molar-refractivity contribution in [3.63, 3.8) is 0 Å². The van der Waals surface area contributed by atoms with Gasteiger partial charge in [-0.2, -0.15) is 0 Å². The molecule has 0 aromatic heterocycles. The summed E-state index contributed by atoms with van der Waals surface area (Å²) in [6.07, 6.45) is 0.884. The molecule has 0 nitrogen and oxygen atoms in total. The van der Waals surface area contributed by atoms with E-state index in [-0.39, 0.29) is 17.2 Å². The molecule has 2 aliphatic carbocycles. The molecule has 0 aromatic carbocycles. The topological polar surface area (TPSA) is 0 Å². The first-order chi connectivity index (χ1) is 8.16. The van der Waals surface area contributed by atoms with Crippen molar-refractivity contribution in [2.75, 3.05) is 5.88 Å². The molecule has 0 radical (unpaired) electrons. The van der Waals surface area contributed by atoms with Gasteiger partial charge >= 0.3 is 0 Å². The number of halogens is 8. The largest absolute Gasteiger partial charge is 0.126 e. The summed E-state index contributed by atoms with van der Waals surface area (Å²) in [5, 5.41) is -0.299. The molecule has 4 atom stereocenters. The first-order valence-electron chi connectivity index (χ1n) is 5.31. The third kappa shape index (κ3) is 1.86. The first kappa shape index (κ1) is 16.7. The van der Waals surface area contributed by atoms with Crippen LogP contribution in [0.2, 0.25) is 0 Å². The van der Waals surface area contributed by atoms with E-state index in [2.05, 4.69) is 0 Å². The highest BCUT2D eigenvalue weighted by Gasteiger charge is 2.79. The van der Waals surface area contributed by atoms with E-state index in [0.29, 0.717) is 12.8 Å². The third-order valence-electron chi connectivity index (χ3n) is 4.53. The number of hydrogen-bond acceptors (Lipinski definition) is 0. The van der Waals surface area contributed by atoms with Crippen LogP contribution in [-0.4, -0.2) is 25.3 Å². The lowest BCUT2D eigenvalue weighted by Gasteiger charge is -2.45. The SMILES string of the molecule is ClCC1(C(Cl)Cl)[C@@H]2C[C@H](Cl)[C@@]1(C(Cl)Cl)CC2(Cl)Cl. The van der Waals surface area contributed by atoms with Crippen LogP contribution in [0.1, 0.15) is 12.8 Å². The van der Waals surface area contributed by atoms with Crippen LogP contribution in [0, 0.1) is 16.7 Å². The van der Waals surface area contributed by atoms with Gasteiger partial charge in [-0.1, -0.05) is 0 Å². The minimum Gasteiger partial charge on any atom is -0.126 e. The van der Waals surface area contributed by atoms with Crippen molar-refractivity contribution < 1.29 is 0 Å². The maximum absolute atomic E-state index is 6.43. The highest BCUT2D eigenvalue weighted by Crippen LogP contribution is 2.77. The molecule has 18 heavy (non-hydrogen) atoms. The minimum absolute atomic E-state index is 0.162. The molecule has 0 saturated heterocycles. The first-order valence-corrected chi connectivity index (χ1v) is 8.78. The lowest BCUT2D eigenvalue weighted by Crippen LogP contribution is -2.50. The Bertz CT molecular complexity index is 335. The van der Waals surface area contributed by atoms with Crippen molar-refractivity contribution in [3.05, 3.63) is 0 Å². The fourth-order valence-corrected chi connectivity index (χ4v) is 7.83. The maximum atomic E-state index is 6.43. The predicted octanol–water partition coefficient (Wildman–Crippen LogP) is 6.01. The molecule has 2 bridgehead atoms. The fraction of sp³-hybridized carbons (Fsp3) is 1.00. The molecule has 8 heteroatoms. The number of fused-ring (bicyclic) bond motifs is 2. The Morgan fingerprint density at radius 3 is 1.94 bits per heavy atom. The smallest absolute Gasteiger partial charge is 0.122 e. The van der Waals surface area contributed by atoms with Gasteiger partial charge in [0.1, 0.15) is 14.0 Å². The minimum atomic E-state index is -1.01. The van der Waals surface area contributed by atoms with E-state index < -0.39 is 24.8 Å². The normalized spacial score (nSPS) is 46.3. The molecule has 0 heterocycles. The molecule has 0 N–H and O–H groups in total. The summed E-state index contributed by atoms with van der Waals surface area (Å²) in [4.78, 5) is -1.58. The second-order valence-electron chi connectivity index (χ2n) is 5.01. The molecular formula is C10H10Cl8. The lowest BCUT2D eigenvalue weighted by atomic mass is 9.70. The highest BCUT2D eigenvalue weighted by atomic mass is 35.5. The van der Waals surface area contributed by atoms with Crippen molar-refractivity contribution in [1.82, 2.24) is 0 Å². The van der Waals surface area contributed by atoms with E-state index in [1.165, 1.54) is 0 Å². The predicted molar refractivity (Wildman–Crippen MR) is 83.4 cm³/mol. The van der Waals surface area contributed by atoms with Gasteiger partial charge in [0.25, 0.3) is 0 Å². The Labute approximate surface area is 146 Å². The van der Waals surface area contributed by atoms with Crippen molar-refractivity contribution in [2.24, 2.45) is 16.7 Å². The lowest BCUT2D eigenvalue weighted by molar-refractivity contribution is 0.144. The molecule has 0 aliphatic heterocycles. The van der Waals surface area contributed by atoms with E-state index >= 15 is 0 Å². The summed E-state index contributed by atoms with van der Waals surface area (Å²) < 4.78 is -1.01. The Morgan fingerprint density at radius 2 is 1.61 bits per heavy atom. The van der Waals surface area contributed by atoms with Crippen molar-refractivity contribution in [3.8, 4) is 0 Å². The summed E-state index contributed by atoms with van der Waals surface area (Å²) in [5.41, 5.74) is -1.55. The van der Waals surface area contributed by atoms with Gasteiger partial charge in [-0.3, -0.25) is 0 Å². The highest BCUT2D eigenvalue weighted by molar-refractivity contribution is 6.51. The fourth-order valence-electron chi connectivity index (χ4n) is 3.63. The zero-order valence-corrected chi connectivity index (χ0v) is 15.0. The zero-order chi connectivity index (χ0) is 13.9. The van der Waals surface area contributed by atoms with Crippen LogP contribution in [0.15, 0.2) is 0 Å². The van der Waals surface area contributed by atoms with Gasteiger partial charge in [0.2, 0.25) is 0 Å². The van der Waals surface area contributed by atoms with Gasteiger partial charge in [-0.05, 0) is 12.8 Å². The van der Waals surface area contributed by atoms with Crippen LogP contribution in [0.5, 0.6) is 0 Å². The van der Waals surface area contributed by atoms with Gasteiger partial charge in [0.15, 0.2) is 0 Å². The van der Waals surface area contributed by atoms with E-state index in [1.54, 1.807) is 0 Å². The Hall–Kier alpha value is 2.32. The molecule has 0 spiro atoms. The van der Waals surface area contributed by atoms with E-state index in [4.69, 9.17) is 92.8 Å². The molecular weight excluding hydrogens is 404 g/mol. The molecule has 2 aliphatic rings. The second kappa shape index (κ2) is 5.20. The molecule has 2 fully saturated rings. The molecule has 2 saturated carbocycles. The van der Waals surface area contributed by atoms with Crippen LogP contribution in [-0.2, 0) is 0 Å². The van der Waals surface area contributed by atoms with Crippen molar-refractivity contribution in [2.45, 2.75) is 32.2 Å². The van der Waals surface area contributed by atoms with E-state index in [0.717, 1.165) is 0 Å². The summed E-state index contributed by atoms with van der Waals surface area (Å²) in [6, 6.07) is 0. The van der Waals surface area contributed by atoms with Crippen LogP contribution < -0.4 is 0 Å².